The van der Waals surface area contributed by atoms with Gasteiger partial charge in [-0.05, 0) is 12.0 Å². The standard InChI is InChI=1S/C14H18N4O/c1-19-12-9-17-14(18-10-12)16-8-7-13(15)11-5-3-2-4-6-11/h2-6,9-10,13H,7-8,15H2,1H3,(H,16,17,18). The molecule has 1 aromatic carbocycles. The van der Waals surface area contributed by atoms with Crippen LogP contribution in [0.25, 0.3) is 0 Å². The number of hydrogen-bond donors (Lipinski definition) is 2. The maximum Gasteiger partial charge on any atom is 0.222 e. The maximum atomic E-state index is 6.10. The molecular formula is C14H18N4O. The average Bonchev–Trinajstić information content (AvgIpc) is 2.49. The number of hydrogen-bond acceptors (Lipinski definition) is 5. The van der Waals surface area contributed by atoms with Crippen LogP contribution in [-0.4, -0.2) is 23.6 Å². The van der Waals surface area contributed by atoms with Crippen LogP contribution in [0, 0.1) is 0 Å². The van der Waals surface area contributed by atoms with Gasteiger partial charge in [0.25, 0.3) is 0 Å². The van der Waals surface area contributed by atoms with Crippen molar-refractivity contribution < 1.29 is 4.74 Å². The molecule has 1 heterocycles. The Labute approximate surface area is 112 Å². The van der Waals surface area contributed by atoms with Gasteiger partial charge in [-0.3, -0.25) is 0 Å². The van der Waals surface area contributed by atoms with E-state index in [2.05, 4.69) is 15.3 Å². The normalized spacial score (nSPS) is 11.9. The Morgan fingerprint density at radius 3 is 2.53 bits per heavy atom. The lowest BCUT2D eigenvalue weighted by Crippen LogP contribution is -2.16. The molecule has 0 aliphatic heterocycles. The number of anilines is 1. The van der Waals surface area contributed by atoms with Gasteiger partial charge >= 0.3 is 0 Å². The van der Waals surface area contributed by atoms with Crippen LogP contribution < -0.4 is 15.8 Å². The minimum absolute atomic E-state index is 0.0203. The minimum Gasteiger partial charge on any atom is -0.494 e. The molecule has 1 atom stereocenters. The van der Waals surface area contributed by atoms with Gasteiger partial charge in [-0.15, -0.1) is 0 Å². The summed E-state index contributed by atoms with van der Waals surface area (Å²) in [5, 5.41) is 3.14. The molecule has 0 amide bonds. The van der Waals surface area contributed by atoms with E-state index in [0.29, 0.717) is 11.7 Å². The van der Waals surface area contributed by atoms with Crippen molar-refractivity contribution in [1.29, 1.82) is 0 Å². The molecule has 0 bridgehead atoms. The molecule has 0 saturated heterocycles. The Bertz CT molecular complexity index is 487. The van der Waals surface area contributed by atoms with E-state index in [0.717, 1.165) is 18.5 Å². The zero-order valence-electron chi connectivity index (χ0n) is 10.9. The van der Waals surface area contributed by atoms with E-state index >= 15 is 0 Å². The lowest BCUT2D eigenvalue weighted by atomic mass is 10.1. The van der Waals surface area contributed by atoms with Gasteiger partial charge in [0.1, 0.15) is 0 Å². The van der Waals surface area contributed by atoms with Crippen molar-refractivity contribution in [3.63, 3.8) is 0 Å². The number of methoxy groups -OCH3 is 1. The van der Waals surface area contributed by atoms with Gasteiger partial charge in [0.05, 0.1) is 19.5 Å². The molecule has 1 aromatic heterocycles. The van der Waals surface area contributed by atoms with Crippen LogP contribution in [0.2, 0.25) is 0 Å². The second-order valence-corrected chi connectivity index (χ2v) is 4.18. The fraction of sp³-hybridized carbons (Fsp3) is 0.286. The summed E-state index contributed by atoms with van der Waals surface area (Å²) in [5.41, 5.74) is 7.24. The van der Waals surface area contributed by atoms with Gasteiger partial charge in [0, 0.05) is 12.6 Å². The molecule has 5 nitrogen and oxygen atoms in total. The Hall–Kier alpha value is -2.14. The molecule has 5 heteroatoms. The molecular weight excluding hydrogens is 240 g/mol. The average molecular weight is 258 g/mol. The molecule has 0 fully saturated rings. The van der Waals surface area contributed by atoms with Crippen molar-refractivity contribution in [2.75, 3.05) is 19.0 Å². The molecule has 2 aromatic rings. The molecule has 0 radical (unpaired) electrons. The molecule has 2 rings (SSSR count). The first-order chi connectivity index (χ1) is 9.29. The SMILES string of the molecule is COc1cnc(NCCC(N)c2ccccc2)nc1. The van der Waals surface area contributed by atoms with Gasteiger partial charge in [-0.1, -0.05) is 30.3 Å². The number of benzene rings is 1. The van der Waals surface area contributed by atoms with Gasteiger partial charge in [-0.2, -0.15) is 0 Å². The highest BCUT2D eigenvalue weighted by atomic mass is 16.5. The van der Waals surface area contributed by atoms with E-state index in [4.69, 9.17) is 10.5 Å². The maximum absolute atomic E-state index is 6.10. The van der Waals surface area contributed by atoms with E-state index in [1.54, 1.807) is 19.5 Å². The van der Waals surface area contributed by atoms with Crippen molar-refractivity contribution in [2.24, 2.45) is 5.73 Å². The Balaban J connectivity index is 1.79. The first-order valence-electron chi connectivity index (χ1n) is 6.20. The van der Waals surface area contributed by atoms with Crippen molar-refractivity contribution in [3.05, 3.63) is 48.3 Å². The Morgan fingerprint density at radius 2 is 1.89 bits per heavy atom. The molecule has 0 aliphatic carbocycles. The number of rotatable bonds is 6. The van der Waals surface area contributed by atoms with E-state index in [9.17, 15) is 0 Å². The third kappa shape index (κ3) is 3.93. The number of ether oxygens (including phenoxy) is 1. The summed E-state index contributed by atoms with van der Waals surface area (Å²) in [7, 11) is 1.59. The summed E-state index contributed by atoms with van der Waals surface area (Å²) in [6.07, 6.45) is 4.08. The lowest BCUT2D eigenvalue weighted by Gasteiger charge is -2.12. The summed E-state index contributed by atoms with van der Waals surface area (Å²) >= 11 is 0. The molecule has 0 spiro atoms. The Morgan fingerprint density at radius 1 is 1.21 bits per heavy atom. The van der Waals surface area contributed by atoms with Gasteiger partial charge < -0.3 is 15.8 Å². The van der Waals surface area contributed by atoms with Crippen molar-refractivity contribution in [2.45, 2.75) is 12.5 Å². The first-order valence-corrected chi connectivity index (χ1v) is 6.20. The van der Waals surface area contributed by atoms with Crippen LogP contribution in [0.4, 0.5) is 5.95 Å². The van der Waals surface area contributed by atoms with Crippen molar-refractivity contribution >= 4 is 5.95 Å². The van der Waals surface area contributed by atoms with Crippen LogP contribution in [0.1, 0.15) is 18.0 Å². The molecule has 1 unspecified atom stereocenters. The number of aromatic nitrogens is 2. The van der Waals surface area contributed by atoms with Crippen LogP contribution in [0.3, 0.4) is 0 Å². The smallest absolute Gasteiger partial charge is 0.222 e. The second kappa shape index (κ2) is 6.70. The highest BCUT2D eigenvalue weighted by Crippen LogP contribution is 2.13. The lowest BCUT2D eigenvalue weighted by molar-refractivity contribution is 0.411. The quantitative estimate of drug-likeness (QED) is 0.829. The van der Waals surface area contributed by atoms with Gasteiger partial charge in [0.2, 0.25) is 5.95 Å². The minimum atomic E-state index is 0.0203. The summed E-state index contributed by atoms with van der Waals surface area (Å²) in [5.74, 6) is 1.23. The number of nitrogens with one attached hydrogen (secondary N) is 1. The summed E-state index contributed by atoms with van der Waals surface area (Å²) in [6.45, 7) is 0.725. The summed E-state index contributed by atoms with van der Waals surface area (Å²) in [6, 6.07) is 10.1. The van der Waals surface area contributed by atoms with E-state index in [1.807, 2.05) is 30.3 Å². The number of nitrogens with two attached hydrogens (primary N) is 1. The molecule has 19 heavy (non-hydrogen) atoms. The summed E-state index contributed by atoms with van der Waals surface area (Å²) in [4.78, 5) is 8.26. The predicted octanol–water partition coefficient (Wildman–Crippen LogP) is 1.99. The number of nitrogens with zero attached hydrogens (tertiary/aromatic N) is 2. The molecule has 0 aliphatic rings. The molecule has 0 saturated carbocycles. The van der Waals surface area contributed by atoms with E-state index in [-0.39, 0.29) is 6.04 Å². The third-order valence-electron chi connectivity index (χ3n) is 2.83. The predicted molar refractivity (Wildman–Crippen MR) is 75.1 cm³/mol. The zero-order chi connectivity index (χ0) is 13.5. The topological polar surface area (TPSA) is 73.1 Å². The van der Waals surface area contributed by atoms with E-state index in [1.165, 1.54) is 0 Å². The fourth-order valence-electron chi connectivity index (χ4n) is 1.72. The highest BCUT2D eigenvalue weighted by Gasteiger charge is 2.05. The second-order valence-electron chi connectivity index (χ2n) is 4.18. The van der Waals surface area contributed by atoms with Crippen LogP contribution in [-0.2, 0) is 0 Å². The highest BCUT2D eigenvalue weighted by molar-refractivity contribution is 5.27. The zero-order valence-corrected chi connectivity index (χ0v) is 10.9. The molecule has 100 valence electrons. The van der Waals surface area contributed by atoms with Crippen molar-refractivity contribution in [1.82, 2.24) is 9.97 Å². The van der Waals surface area contributed by atoms with Crippen LogP contribution in [0.15, 0.2) is 42.7 Å². The van der Waals surface area contributed by atoms with Crippen LogP contribution in [0.5, 0.6) is 5.75 Å². The van der Waals surface area contributed by atoms with Gasteiger partial charge in [-0.25, -0.2) is 9.97 Å². The fourth-order valence-corrected chi connectivity index (χ4v) is 1.72. The largest absolute Gasteiger partial charge is 0.494 e. The van der Waals surface area contributed by atoms with E-state index < -0.39 is 0 Å². The van der Waals surface area contributed by atoms with Crippen LogP contribution >= 0.6 is 0 Å². The van der Waals surface area contributed by atoms with Crippen molar-refractivity contribution in [3.8, 4) is 5.75 Å². The Kier molecular flexibility index (Phi) is 4.69. The monoisotopic (exact) mass is 258 g/mol. The molecule has 3 N–H and O–H groups in total. The third-order valence-corrected chi connectivity index (χ3v) is 2.83. The van der Waals surface area contributed by atoms with Gasteiger partial charge in [0.15, 0.2) is 5.75 Å². The first kappa shape index (κ1) is 13.3. The summed E-state index contributed by atoms with van der Waals surface area (Å²) < 4.78 is 5.00.